The topological polar surface area (TPSA) is 59.6 Å². The summed E-state index contributed by atoms with van der Waals surface area (Å²) in [5, 5.41) is 5.56. The van der Waals surface area contributed by atoms with E-state index in [1.54, 1.807) is 7.11 Å². The summed E-state index contributed by atoms with van der Waals surface area (Å²) < 4.78 is 10.7. The van der Waals surface area contributed by atoms with Crippen molar-refractivity contribution in [2.75, 3.05) is 19.0 Å². The van der Waals surface area contributed by atoms with E-state index in [1.165, 1.54) is 0 Å². The monoisotopic (exact) mass is 280 g/mol. The van der Waals surface area contributed by atoms with Crippen molar-refractivity contribution in [1.82, 2.24) is 5.32 Å². The predicted molar refractivity (Wildman–Crippen MR) is 80.3 cm³/mol. The molecule has 2 atom stereocenters. The molecule has 1 aromatic carbocycles. The van der Waals surface area contributed by atoms with Crippen LogP contribution in [-0.4, -0.2) is 31.9 Å². The zero-order valence-electron chi connectivity index (χ0n) is 12.6. The first-order valence-corrected chi connectivity index (χ1v) is 6.88. The van der Waals surface area contributed by atoms with E-state index in [1.807, 2.05) is 38.1 Å². The molecule has 112 valence electrons. The van der Waals surface area contributed by atoms with Gasteiger partial charge in [-0.3, -0.25) is 0 Å². The molecule has 5 nitrogen and oxygen atoms in total. The lowest BCUT2D eigenvalue weighted by molar-refractivity contribution is 0.173. The van der Waals surface area contributed by atoms with Crippen LogP contribution in [0.15, 0.2) is 24.3 Å². The number of ether oxygens (including phenoxy) is 2. The van der Waals surface area contributed by atoms with Crippen molar-refractivity contribution < 1.29 is 14.3 Å². The lowest BCUT2D eigenvalue weighted by atomic mass is 10.3. The van der Waals surface area contributed by atoms with Crippen LogP contribution in [0.3, 0.4) is 0 Å². The van der Waals surface area contributed by atoms with Gasteiger partial charge in [-0.15, -0.1) is 0 Å². The van der Waals surface area contributed by atoms with Gasteiger partial charge in [0.2, 0.25) is 0 Å². The van der Waals surface area contributed by atoms with Crippen LogP contribution in [0.25, 0.3) is 0 Å². The van der Waals surface area contributed by atoms with E-state index in [-0.39, 0.29) is 18.2 Å². The van der Waals surface area contributed by atoms with E-state index in [0.717, 1.165) is 12.2 Å². The molecule has 0 spiro atoms. The zero-order valence-corrected chi connectivity index (χ0v) is 12.6. The summed E-state index contributed by atoms with van der Waals surface area (Å²) in [6.45, 7) is 6.44. The Morgan fingerprint density at radius 1 is 1.35 bits per heavy atom. The van der Waals surface area contributed by atoms with Crippen molar-refractivity contribution >= 4 is 11.7 Å². The number of carbonyl (C=O) groups is 1. The fourth-order valence-electron chi connectivity index (χ4n) is 1.65. The molecule has 0 fully saturated rings. The molecule has 0 aliphatic heterocycles. The summed E-state index contributed by atoms with van der Waals surface area (Å²) in [6, 6.07) is 7.07. The van der Waals surface area contributed by atoms with Crippen LogP contribution in [0, 0.1) is 0 Å². The van der Waals surface area contributed by atoms with E-state index in [2.05, 4.69) is 17.6 Å². The van der Waals surface area contributed by atoms with Crippen LogP contribution in [0.5, 0.6) is 5.75 Å². The molecule has 20 heavy (non-hydrogen) atoms. The van der Waals surface area contributed by atoms with Gasteiger partial charge in [0.05, 0.1) is 18.8 Å². The average Bonchev–Trinajstić information content (AvgIpc) is 2.38. The number of urea groups is 1. The third-order valence-corrected chi connectivity index (χ3v) is 2.80. The molecule has 5 heteroatoms. The molecule has 0 aromatic heterocycles. The normalized spacial score (nSPS) is 13.4. The first kappa shape index (κ1) is 16.3. The second-order valence-electron chi connectivity index (χ2n) is 4.82. The van der Waals surface area contributed by atoms with Gasteiger partial charge in [-0.25, -0.2) is 4.79 Å². The van der Waals surface area contributed by atoms with Crippen molar-refractivity contribution in [3.63, 3.8) is 0 Å². The molecule has 0 saturated heterocycles. The maximum Gasteiger partial charge on any atom is 0.319 e. The van der Waals surface area contributed by atoms with Gasteiger partial charge in [0.1, 0.15) is 5.75 Å². The molecule has 0 bridgehead atoms. The van der Waals surface area contributed by atoms with Crippen LogP contribution in [-0.2, 0) is 4.74 Å². The molecule has 2 unspecified atom stereocenters. The average molecular weight is 280 g/mol. The minimum atomic E-state index is -0.254. The number of benzene rings is 1. The van der Waals surface area contributed by atoms with Gasteiger partial charge in [-0.05, 0) is 32.4 Å². The van der Waals surface area contributed by atoms with Gasteiger partial charge in [0.15, 0.2) is 0 Å². The first-order chi connectivity index (χ1) is 9.55. The third kappa shape index (κ3) is 5.93. The van der Waals surface area contributed by atoms with Crippen molar-refractivity contribution in [1.29, 1.82) is 0 Å². The lowest BCUT2D eigenvalue weighted by Gasteiger charge is -2.15. The van der Waals surface area contributed by atoms with Gasteiger partial charge < -0.3 is 20.1 Å². The van der Waals surface area contributed by atoms with Crippen LogP contribution < -0.4 is 15.4 Å². The van der Waals surface area contributed by atoms with E-state index in [9.17, 15) is 4.79 Å². The maximum absolute atomic E-state index is 11.8. The second-order valence-corrected chi connectivity index (χ2v) is 4.82. The summed E-state index contributed by atoms with van der Waals surface area (Å²) in [5.41, 5.74) is 0.702. The first-order valence-electron chi connectivity index (χ1n) is 6.88. The second kappa shape index (κ2) is 8.43. The minimum absolute atomic E-state index is 0.0421. The smallest absolute Gasteiger partial charge is 0.319 e. The van der Waals surface area contributed by atoms with Gasteiger partial charge >= 0.3 is 6.03 Å². The van der Waals surface area contributed by atoms with Crippen LogP contribution in [0.2, 0.25) is 0 Å². The number of anilines is 1. The zero-order chi connectivity index (χ0) is 15.0. The highest BCUT2D eigenvalue weighted by molar-refractivity contribution is 5.89. The van der Waals surface area contributed by atoms with Gasteiger partial charge in [0, 0.05) is 18.9 Å². The largest absolute Gasteiger partial charge is 0.491 e. The van der Waals surface area contributed by atoms with E-state index in [0.29, 0.717) is 12.3 Å². The summed E-state index contributed by atoms with van der Waals surface area (Å²) in [6.07, 6.45) is 1.09. The Kier molecular flexibility index (Phi) is 6.87. The Hall–Kier alpha value is -1.75. The van der Waals surface area contributed by atoms with Crippen molar-refractivity contribution in [3.8, 4) is 5.75 Å². The maximum atomic E-state index is 11.8. The number of hydrogen-bond acceptors (Lipinski definition) is 3. The highest BCUT2D eigenvalue weighted by Gasteiger charge is 2.08. The fraction of sp³-hybridized carbons (Fsp3) is 0.533. The Labute approximate surface area is 120 Å². The molecule has 2 amide bonds. The number of hydrogen-bond donors (Lipinski definition) is 2. The van der Waals surface area contributed by atoms with Gasteiger partial charge in [0.25, 0.3) is 0 Å². The van der Waals surface area contributed by atoms with Crippen LogP contribution >= 0.6 is 0 Å². The predicted octanol–water partition coefficient (Wildman–Crippen LogP) is 3.02. The van der Waals surface area contributed by atoms with E-state index >= 15 is 0 Å². The summed E-state index contributed by atoms with van der Waals surface area (Å²) in [7, 11) is 1.60. The molecule has 1 aromatic rings. The fourth-order valence-corrected chi connectivity index (χ4v) is 1.65. The van der Waals surface area contributed by atoms with Crippen LogP contribution in [0.1, 0.15) is 27.2 Å². The SMILES string of the molecule is CCC(C)Oc1cccc(NC(=O)NC(C)COC)c1. The lowest BCUT2D eigenvalue weighted by Crippen LogP contribution is -2.38. The summed E-state index contributed by atoms with van der Waals surface area (Å²) in [5.74, 6) is 0.752. The van der Waals surface area contributed by atoms with E-state index in [4.69, 9.17) is 9.47 Å². The number of nitrogens with one attached hydrogen (secondary N) is 2. The molecular formula is C15H24N2O3. The Morgan fingerprint density at radius 3 is 2.75 bits per heavy atom. The molecule has 0 heterocycles. The summed E-state index contributed by atoms with van der Waals surface area (Å²) >= 11 is 0. The van der Waals surface area contributed by atoms with Crippen LogP contribution in [0.4, 0.5) is 10.5 Å². The summed E-state index contributed by atoms with van der Waals surface area (Å²) in [4.78, 5) is 11.8. The van der Waals surface area contributed by atoms with Crippen molar-refractivity contribution in [2.24, 2.45) is 0 Å². The molecule has 0 saturated carbocycles. The molecule has 0 aliphatic rings. The molecule has 1 rings (SSSR count). The van der Waals surface area contributed by atoms with Gasteiger partial charge in [-0.2, -0.15) is 0 Å². The number of rotatable bonds is 7. The van der Waals surface area contributed by atoms with Crippen molar-refractivity contribution in [2.45, 2.75) is 39.3 Å². The third-order valence-electron chi connectivity index (χ3n) is 2.80. The standard InChI is InChI=1S/C15H24N2O3/c1-5-12(3)20-14-8-6-7-13(9-14)17-15(18)16-11(2)10-19-4/h6-9,11-12H,5,10H2,1-4H3,(H2,16,17,18). The quantitative estimate of drug-likeness (QED) is 0.807. The number of methoxy groups -OCH3 is 1. The number of amides is 2. The Morgan fingerprint density at radius 2 is 2.10 bits per heavy atom. The van der Waals surface area contributed by atoms with Crippen molar-refractivity contribution in [3.05, 3.63) is 24.3 Å². The molecule has 0 aliphatic carbocycles. The Balaban J connectivity index is 2.55. The number of carbonyl (C=O) groups excluding carboxylic acids is 1. The molecule has 2 N–H and O–H groups in total. The highest BCUT2D eigenvalue weighted by Crippen LogP contribution is 2.19. The highest BCUT2D eigenvalue weighted by atomic mass is 16.5. The van der Waals surface area contributed by atoms with Gasteiger partial charge in [-0.1, -0.05) is 13.0 Å². The van der Waals surface area contributed by atoms with E-state index < -0.39 is 0 Å². The molecular weight excluding hydrogens is 256 g/mol. The molecule has 0 radical (unpaired) electrons. The minimum Gasteiger partial charge on any atom is -0.491 e. The Bertz CT molecular complexity index is 423.